The molecule has 0 unspecified atom stereocenters. The van der Waals surface area contributed by atoms with Crippen molar-refractivity contribution in [1.29, 1.82) is 0 Å². The van der Waals surface area contributed by atoms with Gasteiger partial charge in [0.15, 0.2) is 11.6 Å². The van der Waals surface area contributed by atoms with Crippen LogP contribution in [-0.2, 0) is 20.2 Å². The van der Waals surface area contributed by atoms with Gasteiger partial charge in [0.05, 0.1) is 28.2 Å². The number of hydrogen-bond acceptors (Lipinski definition) is 13. The number of hydrogen-bond donors (Lipinski definition) is 6. The van der Waals surface area contributed by atoms with Crippen molar-refractivity contribution in [3.8, 4) is 0 Å². The molecule has 216 valence electrons. The fourth-order valence-corrected chi connectivity index (χ4v) is 5.80. The van der Waals surface area contributed by atoms with E-state index in [0.29, 0.717) is 0 Å². The highest BCUT2D eigenvalue weighted by molar-refractivity contribution is 7.86. The van der Waals surface area contributed by atoms with Gasteiger partial charge in [-0.05, 0) is 35.9 Å². The standard InChI is InChI=1S/C24H18ClN7O8S2/c1-27-23-30-22(25)31-24(32-23)29-13-7-6-10(8-15(13)41(35,36)37)28-14-9-16(42(38,39)40)19(26)18-17(14)20(33)11-4-2-3-5-12(11)21(18)34/h2-9,28H,26H2,1H3,(H,35,36,37)(H,38,39,40)(H2,27,29,30,31,32). The number of carbonyl (C=O) groups is 2. The quantitative estimate of drug-likeness (QED) is 0.112. The maximum atomic E-state index is 13.5. The SMILES string of the molecule is CNc1nc(Cl)nc(Nc2ccc(Nc3cc(S(=O)(=O)O)c(N)c4c3C(=O)c3ccccc3C4=O)cc2S(=O)(=O)O)n1. The first-order valence-electron chi connectivity index (χ1n) is 11.6. The Kier molecular flexibility index (Phi) is 7.07. The molecule has 0 aliphatic heterocycles. The fraction of sp³-hybridized carbons (Fsp3) is 0.0417. The van der Waals surface area contributed by atoms with Crippen molar-refractivity contribution in [3.05, 3.63) is 76.1 Å². The number of nitrogens with two attached hydrogens (primary N) is 1. The van der Waals surface area contributed by atoms with E-state index in [1.165, 1.54) is 43.4 Å². The number of halogens is 1. The summed E-state index contributed by atoms with van der Waals surface area (Å²) in [5.41, 5.74) is 4.01. The Morgan fingerprint density at radius 3 is 1.95 bits per heavy atom. The zero-order valence-corrected chi connectivity index (χ0v) is 23.5. The third-order valence-electron chi connectivity index (χ3n) is 6.09. The molecule has 0 spiro atoms. The van der Waals surface area contributed by atoms with Crippen molar-refractivity contribution in [3.63, 3.8) is 0 Å². The molecule has 5 rings (SSSR count). The number of aromatic nitrogens is 3. The second kappa shape index (κ2) is 10.3. The Morgan fingerprint density at radius 1 is 0.762 bits per heavy atom. The molecule has 7 N–H and O–H groups in total. The third-order valence-corrected chi connectivity index (χ3v) is 8.05. The second-order valence-electron chi connectivity index (χ2n) is 8.70. The number of fused-ring (bicyclic) bond motifs is 2. The van der Waals surface area contributed by atoms with E-state index in [0.717, 1.165) is 12.1 Å². The van der Waals surface area contributed by atoms with Crippen LogP contribution in [0.5, 0.6) is 0 Å². The summed E-state index contributed by atoms with van der Waals surface area (Å²) in [4.78, 5) is 37.0. The molecule has 0 atom stereocenters. The molecule has 1 aromatic heterocycles. The first-order valence-corrected chi connectivity index (χ1v) is 14.8. The molecule has 0 saturated carbocycles. The minimum absolute atomic E-state index is 0.0205. The van der Waals surface area contributed by atoms with Gasteiger partial charge in [0.25, 0.3) is 20.2 Å². The first kappa shape index (κ1) is 28.8. The number of carbonyl (C=O) groups excluding carboxylic acids is 2. The van der Waals surface area contributed by atoms with Gasteiger partial charge in [0, 0.05) is 23.9 Å². The lowest BCUT2D eigenvalue weighted by Gasteiger charge is -2.24. The first-order chi connectivity index (χ1) is 19.7. The normalized spacial score (nSPS) is 12.9. The van der Waals surface area contributed by atoms with Gasteiger partial charge in [-0.15, -0.1) is 0 Å². The minimum atomic E-state index is -4.99. The van der Waals surface area contributed by atoms with Gasteiger partial charge in [0.1, 0.15) is 9.79 Å². The van der Waals surface area contributed by atoms with Gasteiger partial charge in [0.2, 0.25) is 17.2 Å². The van der Waals surface area contributed by atoms with E-state index in [2.05, 4.69) is 30.9 Å². The zero-order chi connectivity index (χ0) is 30.6. The molecular weight excluding hydrogens is 614 g/mol. The monoisotopic (exact) mass is 631 g/mol. The molecule has 1 heterocycles. The molecule has 0 radical (unpaired) electrons. The summed E-state index contributed by atoms with van der Waals surface area (Å²) in [5.74, 6) is -1.55. The van der Waals surface area contributed by atoms with Crippen LogP contribution in [0.15, 0.2) is 58.3 Å². The zero-order valence-electron chi connectivity index (χ0n) is 21.1. The number of nitrogens with one attached hydrogen (secondary N) is 3. The van der Waals surface area contributed by atoms with E-state index >= 15 is 0 Å². The smallest absolute Gasteiger partial charge is 0.296 e. The highest BCUT2D eigenvalue weighted by Gasteiger charge is 2.36. The van der Waals surface area contributed by atoms with Gasteiger partial charge < -0.3 is 21.7 Å². The Bertz CT molecular complexity index is 2050. The van der Waals surface area contributed by atoms with Gasteiger partial charge in [-0.1, -0.05) is 24.3 Å². The number of rotatable bonds is 7. The van der Waals surface area contributed by atoms with Crippen LogP contribution in [0, 0.1) is 0 Å². The Morgan fingerprint density at radius 2 is 1.36 bits per heavy atom. The number of ketones is 2. The van der Waals surface area contributed by atoms with Crippen molar-refractivity contribution in [2.24, 2.45) is 0 Å². The van der Waals surface area contributed by atoms with Crippen molar-refractivity contribution < 1.29 is 35.5 Å². The summed E-state index contributed by atoms with van der Waals surface area (Å²) in [6.07, 6.45) is 0. The van der Waals surface area contributed by atoms with Crippen LogP contribution in [0.1, 0.15) is 31.8 Å². The average molecular weight is 632 g/mol. The predicted octanol–water partition coefficient (Wildman–Crippen LogP) is 2.90. The number of nitrogen functional groups attached to an aromatic ring is 1. The summed E-state index contributed by atoms with van der Waals surface area (Å²) in [7, 11) is -8.39. The van der Waals surface area contributed by atoms with Crippen molar-refractivity contribution in [2.45, 2.75) is 9.79 Å². The Hall–Kier alpha value is -4.68. The lowest BCUT2D eigenvalue weighted by molar-refractivity contribution is 0.0980. The van der Waals surface area contributed by atoms with Crippen LogP contribution < -0.4 is 21.7 Å². The lowest BCUT2D eigenvalue weighted by atomic mass is 9.82. The summed E-state index contributed by atoms with van der Waals surface area (Å²) in [6.45, 7) is 0. The summed E-state index contributed by atoms with van der Waals surface area (Å²) in [6, 6.07) is 10.1. The van der Waals surface area contributed by atoms with E-state index in [9.17, 15) is 35.5 Å². The Balaban J connectivity index is 1.65. The molecule has 4 aromatic rings. The van der Waals surface area contributed by atoms with Crippen molar-refractivity contribution in [2.75, 3.05) is 28.7 Å². The van der Waals surface area contributed by atoms with Crippen LogP contribution in [0.2, 0.25) is 5.28 Å². The van der Waals surface area contributed by atoms with E-state index in [-0.39, 0.29) is 50.9 Å². The molecule has 1 aliphatic carbocycles. The molecule has 0 saturated heterocycles. The lowest BCUT2D eigenvalue weighted by Crippen LogP contribution is -2.25. The maximum absolute atomic E-state index is 13.5. The predicted molar refractivity (Wildman–Crippen MR) is 151 cm³/mol. The maximum Gasteiger partial charge on any atom is 0.296 e. The molecule has 18 heteroatoms. The van der Waals surface area contributed by atoms with E-state index in [4.69, 9.17) is 17.3 Å². The average Bonchev–Trinajstić information content (AvgIpc) is 2.91. The summed E-state index contributed by atoms with van der Waals surface area (Å²) in [5, 5.41) is 7.75. The second-order valence-corrected chi connectivity index (χ2v) is 11.8. The fourth-order valence-electron chi connectivity index (χ4n) is 4.32. The number of nitrogens with zero attached hydrogens (tertiary/aromatic N) is 3. The molecule has 15 nitrogen and oxygen atoms in total. The number of benzene rings is 3. The van der Waals surface area contributed by atoms with Crippen molar-refractivity contribution >= 4 is 78.0 Å². The van der Waals surface area contributed by atoms with Gasteiger partial charge in [-0.3, -0.25) is 18.7 Å². The van der Waals surface area contributed by atoms with Crippen LogP contribution >= 0.6 is 11.6 Å². The van der Waals surface area contributed by atoms with Gasteiger partial charge in [-0.2, -0.15) is 31.8 Å². The topological polar surface area (TPSA) is 244 Å². The van der Waals surface area contributed by atoms with E-state index < -0.39 is 52.8 Å². The third kappa shape index (κ3) is 5.21. The van der Waals surface area contributed by atoms with Crippen LogP contribution in [0.3, 0.4) is 0 Å². The van der Waals surface area contributed by atoms with Gasteiger partial charge in [-0.25, -0.2) is 0 Å². The van der Waals surface area contributed by atoms with Gasteiger partial charge >= 0.3 is 0 Å². The van der Waals surface area contributed by atoms with E-state index in [1.807, 2.05) is 0 Å². The molecule has 0 bridgehead atoms. The molecule has 3 aromatic carbocycles. The largest absolute Gasteiger partial charge is 0.397 e. The molecule has 0 amide bonds. The summed E-state index contributed by atoms with van der Waals surface area (Å²) < 4.78 is 68.7. The number of anilines is 6. The van der Waals surface area contributed by atoms with Crippen LogP contribution in [0.4, 0.5) is 34.6 Å². The van der Waals surface area contributed by atoms with E-state index in [1.54, 1.807) is 0 Å². The highest BCUT2D eigenvalue weighted by atomic mass is 35.5. The summed E-state index contributed by atoms with van der Waals surface area (Å²) >= 11 is 5.87. The minimum Gasteiger partial charge on any atom is -0.397 e. The van der Waals surface area contributed by atoms with Crippen molar-refractivity contribution in [1.82, 2.24) is 15.0 Å². The Labute approximate surface area is 242 Å². The van der Waals surface area contributed by atoms with Crippen LogP contribution in [-0.4, -0.2) is 59.5 Å². The highest BCUT2D eigenvalue weighted by Crippen LogP contribution is 2.40. The molecule has 42 heavy (non-hydrogen) atoms. The molecule has 1 aliphatic rings. The van der Waals surface area contributed by atoms with Crippen LogP contribution in [0.25, 0.3) is 0 Å². The molecular formula is C24H18ClN7O8S2. The molecule has 0 fully saturated rings.